The van der Waals surface area contributed by atoms with Crippen molar-refractivity contribution in [2.24, 2.45) is 0 Å². The summed E-state index contributed by atoms with van der Waals surface area (Å²) >= 11 is 3.24. The van der Waals surface area contributed by atoms with Crippen molar-refractivity contribution in [2.75, 3.05) is 14.2 Å². The molecule has 0 saturated carbocycles. The summed E-state index contributed by atoms with van der Waals surface area (Å²) in [4.78, 5) is 12.2. The fourth-order valence-corrected chi connectivity index (χ4v) is 3.00. The minimum absolute atomic E-state index is 0.127. The molecule has 0 aliphatic carbocycles. The zero-order valence-electron chi connectivity index (χ0n) is 13.1. The molecule has 126 valence electrons. The third kappa shape index (κ3) is 2.80. The first kappa shape index (κ1) is 16.6. The zero-order chi connectivity index (χ0) is 17.3. The molecular weight excluding hydrogens is 381 g/mol. The Hall–Kier alpha value is -2.28. The lowest BCUT2D eigenvalue weighted by Gasteiger charge is -2.11. The first-order valence-electron chi connectivity index (χ1n) is 7.16. The summed E-state index contributed by atoms with van der Waals surface area (Å²) in [5.74, 6) is 0.0941. The molecule has 2 aromatic carbocycles. The predicted octanol–water partition coefficient (Wildman–Crippen LogP) is 3.69. The number of hydrogen-bond donors (Lipinski definition) is 0. The third-order valence-corrected chi connectivity index (χ3v) is 4.42. The molecule has 0 aliphatic rings. The number of methoxy groups -OCH3 is 2. The molecule has 3 aromatic rings. The molecule has 0 amide bonds. The van der Waals surface area contributed by atoms with Crippen LogP contribution in [0.15, 0.2) is 39.5 Å². The molecule has 1 heterocycles. The van der Waals surface area contributed by atoms with Gasteiger partial charge in [-0.3, -0.25) is 4.57 Å². The second-order valence-corrected chi connectivity index (χ2v) is 5.71. The van der Waals surface area contributed by atoms with Crippen molar-refractivity contribution in [3.8, 4) is 11.5 Å². The Bertz CT molecular complexity index is 948. The number of alkyl halides is 1. The highest BCUT2D eigenvalue weighted by Gasteiger charge is 2.18. The minimum atomic E-state index is -0.617. The van der Waals surface area contributed by atoms with Gasteiger partial charge in [0.1, 0.15) is 17.0 Å². The van der Waals surface area contributed by atoms with Crippen molar-refractivity contribution < 1.29 is 18.3 Å². The van der Waals surface area contributed by atoms with Gasteiger partial charge in [0, 0.05) is 22.5 Å². The molecule has 0 radical (unpaired) electrons. The fourth-order valence-electron chi connectivity index (χ4n) is 2.56. The van der Waals surface area contributed by atoms with Crippen molar-refractivity contribution in [1.82, 2.24) is 4.57 Å². The van der Waals surface area contributed by atoms with Gasteiger partial charge in [-0.15, -0.1) is 0 Å². The number of halogens is 2. The molecule has 7 heteroatoms. The summed E-state index contributed by atoms with van der Waals surface area (Å²) < 4.78 is 31.6. The Morgan fingerprint density at radius 3 is 2.58 bits per heavy atom. The van der Waals surface area contributed by atoms with E-state index in [1.165, 1.54) is 11.7 Å². The van der Waals surface area contributed by atoms with Crippen molar-refractivity contribution in [2.45, 2.75) is 11.9 Å². The van der Waals surface area contributed by atoms with E-state index in [2.05, 4.69) is 15.9 Å². The van der Waals surface area contributed by atoms with Crippen LogP contribution in [-0.4, -0.2) is 18.8 Å². The number of ether oxygens (including phenoxy) is 2. The highest BCUT2D eigenvalue weighted by Crippen LogP contribution is 2.27. The molecular formula is C17H15BrFNO4. The van der Waals surface area contributed by atoms with Gasteiger partial charge >= 0.3 is 5.76 Å². The van der Waals surface area contributed by atoms with Crippen molar-refractivity contribution >= 4 is 27.0 Å². The predicted molar refractivity (Wildman–Crippen MR) is 91.7 cm³/mol. The Balaban J connectivity index is 2.14. The number of nitrogens with zero attached hydrogens (tertiary/aromatic N) is 1. The van der Waals surface area contributed by atoms with E-state index in [0.717, 1.165) is 0 Å². The van der Waals surface area contributed by atoms with Crippen LogP contribution < -0.4 is 15.2 Å². The van der Waals surface area contributed by atoms with Crippen molar-refractivity contribution in [3.05, 3.63) is 57.8 Å². The van der Waals surface area contributed by atoms with E-state index in [0.29, 0.717) is 28.0 Å². The van der Waals surface area contributed by atoms with Gasteiger partial charge in [0.25, 0.3) is 0 Å². The topological polar surface area (TPSA) is 53.6 Å². The highest BCUT2D eigenvalue weighted by atomic mass is 79.9. The quantitative estimate of drug-likeness (QED) is 0.618. The first-order chi connectivity index (χ1) is 11.6. The van der Waals surface area contributed by atoms with Gasteiger partial charge in [0.15, 0.2) is 11.4 Å². The molecule has 1 aromatic heterocycles. The molecule has 0 bridgehead atoms. The van der Waals surface area contributed by atoms with E-state index in [4.69, 9.17) is 13.9 Å². The lowest BCUT2D eigenvalue weighted by atomic mass is 10.1. The van der Waals surface area contributed by atoms with Crippen LogP contribution in [-0.2, 0) is 11.9 Å². The third-order valence-electron chi connectivity index (χ3n) is 3.81. The molecule has 24 heavy (non-hydrogen) atoms. The van der Waals surface area contributed by atoms with Crippen molar-refractivity contribution in [1.29, 1.82) is 0 Å². The summed E-state index contributed by atoms with van der Waals surface area (Å²) in [7, 11) is 3.08. The monoisotopic (exact) mass is 395 g/mol. The molecule has 0 atom stereocenters. The van der Waals surface area contributed by atoms with E-state index < -0.39 is 11.6 Å². The standard InChI is InChI=1S/C17H15BrFNO4/c1-22-12-5-3-11(14(7-12)23-2)9-20-16-13(24-17(20)21)6-4-10(8-18)15(16)19/h3-7H,8-9H2,1-2H3. The molecule has 0 N–H and O–H groups in total. The van der Waals surface area contributed by atoms with Gasteiger partial charge in [0.05, 0.1) is 20.8 Å². The van der Waals surface area contributed by atoms with Crippen LogP contribution in [0.3, 0.4) is 0 Å². The van der Waals surface area contributed by atoms with Gasteiger partial charge in [-0.2, -0.15) is 0 Å². The first-order valence-corrected chi connectivity index (χ1v) is 8.28. The summed E-state index contributed by atoms with van der Waals surface area (Å²) in [6.07, 6.45) is 0. The van der Waals surface area contributed by atoms with Gasteiger partial charge in [0.2, 0.25) is 0 Å². The summed E-state index contributed by atoms with van der Waals surface area (Å²) in [6.45, 7) is 0.127. The van der Waals surface area contributed by atoms with Crippen LogP contribution in [0.25, 0.3) is 11.1 Å². The molecule has 0 spiro atoms. The maximum atomic E-state index is 14.6. The molecule has 0 unspecified atom stereocenters. The SMILES string of the molecule is COc1ccc(Cn2c(=O)oc3ccc(CBr)c(F)c32)c(OC)c1. The second kappa shape index (κ2) is 6.68. The number of oxazole rings is 1. The molecule has 5 nitrogen and oxygen atoms in total. The fraction of sp³-hybridized carbons (Fsp3) is 0.235. The summed E-state index contributed by atoms with van der Waals surface area (Å²) in [6, 6.07) is 8.43. The van der Waals surface area contributed by atoms with Gasteiger partial charge in [-0.25, -0.2) is 9.18 Å². The summed E-state index contributed by atoms with van der Waals surface area (Å²) in [5, 5.41) is 0.347. The smallest absolute Gasteiger partial charge is 0.420 e. The molecule has 0 saturated heterocycles. The van der Waals surface area contributed by atoms with Crippen LogP contribution in [0.1, 0.15) is 11.1 Å². The molecule has 3 rings (SSSR count). The van der Waals surface area contributed by atoms with E-state index in [1.807, 2.05) is 0 Å². The van der Waals surface area contributed by atoms with Crippen molar-refractivity contribution in [3.63, 3.8) is 0 Å². The lowest BCUT2D eigenvalue weighted by molar-refractivity contribution is 0.389. The number of hydrogen-bond acceptors (Lipinski definition) is 4. The maximum Gasteiger partial charge on any atom is 0.420 e. The normalized spacial score (nSPS) is 11.0. The largest absolute Gasteiger partial charge is 0.497 e. The Morgan fingerprint density at radius 1 is 1.17 bits per heavy atom. The number of fused-ring (bicyclic) bond motifs is 1. The van der Waals surface area contributed by atoms with Crippen LogP contribution >= 0.6 is 15.9 Å². The number of aromatic nitrogens is 1. The maximum absolute atomic E-state index is 14.6. The average Bonchev–Trinajstić information content (AvgIpc) is 2.92. The van der Waals surface area contributed by atoms with Gasteiger partial charge in [-0.1, -0.05) is 22.0 Å². The average molecular weight is 396 g/mol. The van der Waals surface area contributed by atoms with E-state index in [9.17, 15) is 9.18 Å². The number of benzene rings is 2. The zero-order valence-corrected chi connectivity index (χ0v) is 14.7. The Kier molecular flexibility index (Phi) is 4.62. The van der Waals surface area contributed by atoms with Crippen LogP contribution in [0, 0.1) is 5.82 Å². The van der Waals surface area contributed by atoms with Gasteiger partial charge < -0.3 is 13.9 Å². The Morgan fingerprint density at radius 2 is 1.92 bits per heavy atom. The highest BCUT2D eigenvalue weighted by molar-refractivity contribution is 9.08. The summed E-state index contributed by atoms with van der Waals surface area (Å²) in [5.41, 5.74) is 1.54. The lowest BCUT2D eigenvalue weighted by Crippen LogP contribution is -2.16. The second-order valence-electron chi connectivity index (χ2n) is 5.15. The van der Waals surface area contributed by atoms with Gasteiger partial charge in [-0.05, 0) is 18.2 Å². The number of rotatable bonds is 5. The van der Waals surface area contributed by atoms with Crippen LogP contribution in [0.2, 0.25) is 0 Å². The minimum Gasteiger partial charge on any atom is -0.497 e. The van der Waals surface area contributed by atoms with E-state index in [1.54, 1.807) is 37.4 Å². The molecule has 0 fully saturated rings. The molecule has 0 aliphatic heterocycles. The van der Waals surface area contributed by atoms with Crippen LogP contribution in [0.4, 0.5) is 4.39 Å². The Labute approximate surface area is 145 Å². The van der Waals surface area contributed by atoms with Crippen LogP contribution in [0.5, 0.6) is 11.5 Å². The van der Waals surface area contributed by atoms with E-state index >= 15 is 0 Å². The van der Waals surface area contributed by atoms with E-state index in [-0.39, 0.29) is 17.6 Å².